The molecule has 1 aromatic carbocycles. The van der Waals surface area contributed by atoms with Crippen molar-refractivity contribution in [2.75, 3.05) is 19.1 Å². The molecule has 22 heavy (non-hydrogen) atoms. The van der Waals surface area contributed by atoms with Crippen molar-refractivity contribution in [3.63, 3.8) is 0 Å². The fourth-order valence-corrected chi connectivity index (χ4v) is 3.11. The van der Waals surface area contributed by atoms with Crippen LogP contribution in [0.2, 0.25) is 0 Å². The SMILES string of the molecule is COc1ccc([C@H](C)N(C)c2nc(C)nc3c2CCC3)cc1. The van der Waals surface area contributed by atoms with E-state index in [0.29, 0.717) is 0 Å². The predicted molar refractivity (Wildman–Crippen MR) is 88.6 cm³/mol. The third-order valence-electron chi connectivity index (χ3n) is 4.54. The van der Waals surface area contributed by atoms with Crippen molar-refractivity contribution in [1.29, 1.82) is 0 Å². The van der Waals surface area contributed by atoms with Gasteiger partial charge < -0.3 is 9.64 Å². The molecule has 0 unspecified atom stereocenters. The average molecular weight is 297 g/mol. The van der Waals surface area contributed by atoms with Crippen molar-refractivity contribution in [2.45, 2.75) is 39.2 Å². The predicted octanol–water partition coefficient (Wildman–Crippen LogP) is 3.48. The van der Waals surface area contributed by atoms with E-state index in [2.05, 4.69) is 36.0 Å². The Balaban J connectivity index is 1.91. The smallest absolute Gasteiger partial charge is 0.136 e. The molecule has 0 radical (unpaired) electrons. The highest BCUT2D eigenvalue weighted by Crippen LogP contribution is 2.32. The van der Waals surface area contributed by atoms with E-state index in [1.807, 2.05) is 19.1 Å². The van der Waals surface area contributed by atoms with Gasteiger partial charge in [-0.25, -0.2) is 9.97 Å². The molecule has 0 saturated heterocycles. The van der Waals surface area contributed by atoms with Crippen LogP contribution in [0.15, 0.2) is 24.3 Å². The van der Waals surface area contributed by atoms with E-state index in [4.69, 9.17) is 9.72 Å². The van der Waals surface area contributed by atoms with E-state index in [9.17, 15) is 0 Å². The van der Waals surface area contributed by atoms with Crippen LogP contribution in [0, 0.1) is 6.92 Å². The number of aromatic nitrogens is 2. The summed E-state index contributed by atoms with van der Waals surface area (Å²) in [5, 5.41) is 0. The maximum Gasteiger partial charge on any atom is 0.136 e. The Labute approximate surface area is 132 Å². The number of ether oxygens (including phenoxy) is 1. The second-order valence-corrected chi connectivity index (χ2v) is 5.93. The molecular weight excluding hydrogens is 274 g/mol. The molecule has 4 nitrogen and oxygen atoms in total. The minimum atomic E-state index is 0.255. The Bertz CT molecular complexity index is 667. The van der Waals surface area contributed by atoms with Crippen LogP contribution in [0.3, 0.4) is 0 Å². The second kappa shape index (κ2) is 5.95. The van der Waals surface area contributed by atoms with Crippen molar-refractivity contribution in [2.24, 2.45) is 0 Å². The molecule has 2 aromatic rings. The number of aryl methyl sites for hydroxylation is 2. The van der Waals surface area contributed by atoms with E-state index < -0.39 is 0 Å². The average Bonchev–Trinajstić information content (AvgIpc) is 3.01. The normalized spacial score (nSPS) is 14.5. The quantitative estimate of drug-likeness (QED) is 0.866. The zero-order valence-electron chi connectivity index (χ0n) is 13.8. The van der Waals surface area contributed by atoms with Crippen LogP contribution in [0.1, 0.15) is 42.0 Å². The van der Waals surface area contributed by atoms with Crippen molar-refractivity contribution < 1.29 is 4.74 Å². The van der Waals surface area contributed by atoms with Gasteiger partial charge >= 0.3 is 0 Å². The lowest BCUT2D eigenvalue weighted by molar-refractivity contribution is 0.414. The molecule has 1 aromatic heterocycles. The van der Waals surface area contributed by atoms with Gasteiger partial charge in [-0.3, -0.25) is 0 Å². The molecule has 0 bridgehead atoms. The largest absolute Gasteiger partial charge is 0.497 e. The van der Waals surface area contributed by atoms with Crippen molar-refractivity contribution in [3.8, 4) is 5.75 Å². The molecule has 1 atom stereocenters. The van der Waals surface area contributed by atoms with Crippen LogP contribution in [-0.4, -0.2) is 24.1 Å². The minimum absolute atomic E-state index is 0.255. The summed E-state index contributed by atoms with van der Waals surface area (Å²) in [4.78, 5) is 11.6. The Morgan fingerprint density at radius 3 is 2.55 bits per heavy atom. The van der Waals surface area contributed by atoms with Crippen LogP contribution in [0.25, 0.3) is 0 Å². The molecule has 0 N–H and O–H groups in total. The van der Waals surface area contributed by atoms with Gasteiger partial charge in [0.1, 0.15) is 17.4 Å². The van der Waals surface area contributed by atoms with E-state index in [1.165, 1.54) is 23.2 Å². The highest BCUT2D eigenvalue weighted by molar-refractivity contribution is 5.52. The molecule has 0 fully saturated rings. The van der Waals surface area contributed by atoms with Gasteiger partial charge in [-0.15, -0.1) is 0 Å². The van der Waals surface area contributed by atoms with Gasteiger partial charge in [-0.1, -0.05) is 12.1 Å². The summed E-state index contributed by atoms with van der Waals surface area (Å²) in [6, 6.07) is 8.51. The first kappa shape index (κ1) is 14.8. The van der Waals surface area contributed by atoms with Gasteiger partial charge in [0.05, 0.1) is 13.2 Å². The first-order valence-electron chi connectivity index (χ1n) is 7.83. The topological polar surface area (TPSA) is 38.2 Å². The molecule has 4 heteroatoms. The molecule has 116 valence electrons. The van der Waals surface area contributed by atoms with Gasteiger partial charge in [-0.05, 0) is 50.8 Å². The van der Waals surface area contributed by atoms with Crippen LogP contribution in [0.4, 0.5) is 5.82 Å². The summed E-state index contributed by atoms with van der Waals surface area (Å²) in [7, 11) is 3.81. The first-order chi connectivity index (χ1) is 10.6. The number of anilines is 1. The number of fused-ring (bicyclic) bond motifs is 1. The highest BCUT2D eigenvalue weighted by Gasteiger charge is 2.23. The van der Waals surface area contributed by atoms with Gasteiger partial charge in [-0.2, -0.15) is 0 Å². The number of rotatable bonds is 4. The van der Waals surface area contributed by atoms with Crippen molar-refractivity contribution in [1.82, 2.24) is 9.97 Å². The number of methoxy groups -OCH3 is 1. The summed E-state index contributed by atoms with van der Waals surface area (Å²) in [6.07, 6.45) is 3.35. The third-order valence-corrected chi connectivity index (χ3v) is 4.54. The monoisotopic (exact) mass is 297 g/mol. The Morgan fingerprint density at radius 1 is 1.14 bits per heavy atom. The fraction of sp³-hybridized carbons (Fsp3) is 0.444. The summed E-state index contributed by atoms with van der Waals surface area (Å²) in [5.74, 6) is 2.84. The fourth-order valence-electron chi connectivity index (χ4n) is 3.11. The first-order valence-corrected chi connectivity index (χ1v) is 7.83. The lowest BCUT2D eigenvalue weighted by Gasteiger charge is -2.28. The minimum Gasteiger partial charge on any atom is -0.497 e. The lowest BCUT2D eigenvalue weighted by Crippen LogP contribution is -2.24. The maximum absolute atomic E-state index is 5.24. The molecule has 0 aliphatic heterocycles. The summed E-state index contributed by atoms with van der Waals surface area (Å²) >= 11 is 0. The van der Waals surface area contributed by atoms with Crippen LogP contribution >= 0.6 is 0 Å². The molecule has 3 rings (SSSR count). The maximum atomic E-state index is 5.24. The van der Waals surface area contributed by atoms with Crippen molar-refractivity contribution >= 4 is 5.82 Å². The van der Waals surface area contributed by atoms with Gasteiger partial charge in [0.15, 0.2) is 0 Å². The Hall–Kier alpha value is -2.10. The van der Waals surface area contributed by atoms with Gasteiger partial charge in [0.25, 0.3) is 0 Å². The van der Waals surface area contributed by atoms with Crippen LogP contribution in [0.5, 0.6) is 5.75 Å². The van der Waals surface area contributed by atoms with Crippen molar-refractivity contribution in [3.05, 3.63) is 46.9 Å². The van der Waals surface area contributed by atoms with Crippen LogP contribution in [-0.2, 0) is 12.8 Å². The summed E-state index contributed by atoms with van der Waals surface area (Å²) in [6.45, 7) is 4.19. The summed E-state index contributed by atoms with van der Waals surface area (Å²) < 4.78 is 5.24. The number of nitrogens with zero attached hydrogens (tertiary/aromatic N) is 3. The Kier molecular flexibility index (Phi) is 4.01. The second-order valence-electron chi connectivity index (χ2n) is 5.93. The summed E-state index contributed by atoms with van der Waals surface area (Å²) in [5.41, 5.74) is 3.82. The highest BCUT2D eigenvalue weighted by atomic mass is 16.5. The van der Waals surface area contributed by atoms with Crippen LogP contribution < -0.4 is 9.64 Å². The van der Waals surface area contributed by atoms with E-state index in [-0.39, 0.29) is 6.04 Å². The zero-order chi connectivity index (χ0) is 15.7. The molecular formula is C18H23N3O. The van der Waals surface area contributed by atoms with Gasteiger partial charge in [0, 0.05) is 18.3 Å². The molecule has 1 aliphatic carbocycles. The Morgan fingerprint density at radius 2 is 1.86 bits per heavy atom. The lowest BCUT2D eigenvalue weighted by atomic mass is 10.1. The molecule has 1 heterocycles. The molecule has 0 amide bonds. The number of hydrogen-bond acceptors (Lipinski definition) is 4. The van der Waals surface area contributed by atoms with E-state index >= 15 is 0 Å². The number of benzene rings is 1. The molecule has 0 saturated carbocycles. The zero-order valence-corrected chi connectivity index (χ0v) is 13.8. The van der Waals surface area contributed by atoms with E-state index in [1.54, 1.807) is 7.11 Å². The molecule has 1 aliphatic rings. The third kappa shape index (κ3) is 2.65. The molecule has 0 spiro atoms. The van der Waals surface area contributed by atoms with Gasteiger partial charge in [0.2, 0.25) is 0 Å². The van der Waals surface area contributed by atoms with E-state index in [0.717, 1.165) is 30.2 Å². The standard InChI is InChI=1S/C18H23N3O/c1-12(14-8-10-15(22-4)11-9-14)21(3)18-16-6-5-7-17(16)19-13(2)20-18/h8-12H,5-7H2,1-4H3/t12-/m0/s1. The number of hydrogen-bond donors (Lipinski definition) is 0.